The maximum Gasteiger partial charge on any atom is 0.142 e. The van der Waals surface area contributed by atoms with E-state index in [4.69, 9.17) is 17.3 Å². The summed E-state index contributed by atoms with van der Waals surface area (Å²) < 4.78 is 13.4. The van der Waals surface area contributed by atoms with Crippen molar-refractivity contribution < 1.29 is 4.39 Å². The predicted octanol–water partition coefficient (Wildman–Crippen LogP) is 3.79. The lowest BCUT2D eigenvalue weighted by atomic mass is 9.99. The Labute approximate surface area is 124 Å². The molecule has 0 aliphatic heterocycles. The third-order valence-corrected chi connectivity index (χ3v) is 3.73. The SMILES string of the molecule is CN(C)c1ccc(C(N)Cc2cccc(F)c2Cl)cc1. The van der Waals surface area contributed by atoms with Gasteiger partial charge in [-0.05, 0) is 35.7 Å². The molecule has 2 aromatic rings. The molecular weight excluding hydrogens is 275 g/mol. The first-order valence-corrected chi connectivity index (χ1v) is 6.82. The van der Waals surface area contributed by atoms with Crippen molar-refractivity contribution in [2.24, 2.45) is 5.73 Å². The number of benzene rings is 2. The van der Waals surface area contributed by atoms with Crippen molar-refractivity contribution in [2.45, 2.75) is 12.5 Å². The molecule has 20 heavy (non-hydrogen) atoms. The number of halogens is 2. The minimum atomic E-state index is -0.403. The molecule has 0 bridgehead atoms. The summed E-state index contributed by atoms with van der Waals surface area (Å²) in [6, 6.07) is 12.6. The van der Waals surface area contributed by atoms with Crippen LogP contribution < -0.4 is 10.6 Å². The molecule has 0 saturated heterocycles. The van der Waals surface area contributed by atoms with Crippen molar-refractivity contribution >= 4 is 17.3 Å². The summed E-state index contributed by atoms with van der Waals surface area (Å²) in [5, 5.41) is 0.160. The van der Waals surface area contributed by atoms with E-state index in [1.165, 1.54) is 6.07 Å². The molecule has 0 aliphatic carbocycles. The molecule has 0 fully saturated rings. The molecule has 0 aromatic heterocycles. The van der Waals surface area contributed by atoms with Gasteiger partial charge in [0.1, 0.15) is 5.82 Å². The topological polar surface area (TPSA) is 29.3 Å². The first-order valence-electron chi connectivity index (χ1n) is 6.45. The minimum Gasteiger partial charge on any atom is -0.378 e. The third kappa shape index (κ3) is 3.30. The van der Waals surface area contributed by atoms with Crippen LogP contribution in [0.4, 0.5) is 10.1 Å². The summed E-state index contributed by atoms with van der Waals surface area (Å²) in [5.74, 6) is -0.403. The molecule has 0 aliphatic rings. The van der Waals surface area contributed by atoms with Gasteiger partial charge in [0, 0.05) is 25.8 Å². The highest BCUT2D eigenvalue weighted by atomic mass is 35.5. The maximum absolute atomic E-state index is 13.4. The molecule has 1 atom stereocenters. The average molecular weight is 293 g/mol. The van der Waals surface area contributed by atoms with Crippen LogP contribution in [0.15, 0.2) is 42.5 Å². The number of hydrogen-bond acceptors (Lipinski definition) is 2. The molecule has 2 aromatic carbocycles. The van der Waals surface area contributed by atoms with Crippen LogP contribution in [0.2, 0.25) is 5.02 Å². The molecule has 4 heteroatoms. The van der Waals surface area contributed by atoms with E-state index < -0.39 is 5.82 Å². The third-order valence-electron chi connectivity index (χ3n) is 3.31. The van der Waals surface area contributed by atoms with Crippen LogP contribution in [0.25, 0.3) is 0 Å². The Balaban J connectivity index is 2.15. The molecule has 106 valence electrons. The van der Waals surface area contributed by atoms with E-state index in [0.717, 1.165) is 16.8 Å². The fourth-order valence-corrected chi connectivity index (χ4v) is 2.28. The van der Waals surface area contributed by atoms with Crippen molar-refractivity contribution in [1.82, 2.24) is 0 Å². The van der Waals surface area contributed by atoms with Gasteiger partial charge in [0.15, 0.2) is 0 Å². The standard InChI is InChI=1S/C16H18ClFN2/c1-20(2)13-8-6-11(7-9-13)15(19)10-12-4-3-5-14(18)16(12)17/h3-9,15H,10,19H2,1-2H3. The summed E-state index contributed by atoms with van der Waals surface area (Å²) in [7, 11) is 3.98. The van der Waals surface area contributed by atoms with Crippen LogP contribution in [0.3, 0.4) is 0 Å². The van der Waals surface area contributed by atoms with Gasteiger partial charge in [-0.1, -0.05) is 35.9 Å². The van der Waals surface area contributed by atoms with Gasteiger partial charge in [0.2, 0.25) is 0 Å². The molecule has 2 nitrogen and oxygen atoms in total. The van der Waals surface area contributed by atoms with Crippen LogP contribution in [0.5, 0.6) is 0 Å². The Morgan fingerprint density at radius 3 is 2.40 bits per heavy atom. The van der Waals surface area contributed by atoms with Gasteiger partial charge in [-0.2, -0.15) is 0 Å². The minimum absolute atomic E-state index is 0.160. The van der Waals surface area contributed by atoms with E-state index in [1.54, 1.807) is 12.1 Å². The van der Waals surface area contributed by atoms with E-state index in [0.29, 0.717) is 6.42 Å². The fraction of sp³-hybridized carbons (Fsp3) is 0.250. The van der Waals surface area contributed by atoms with Crippen molar-refractivity contribution in [2.75, 3.05) is 19.0 Å². The second kappa shape index (κ2) is 6.25. The number of nitrogens with zero attached hydrogens (tertiary/aromatic N) is 1. The Hall–Kier alpha value is -1.58. The van der Waals surface area contributed by atoms with E-state index >= 15 is 0 Å². The Bertz CT molecular complexity index is 582. The van der Waals surface area contributed by atoms with Crippen LogP contribution in [-0.4, -0.2) is 14.1 Å². The van der Waals surface area contributed by atoms with Gasteiger partial charge >= 0.3 is 0 Å². The van der Waals surface area contributed by atoms with E-state index in [-0.39, 0.29) is 11.1 Å². The zero-order chi connectivity index (χ0) is 14.7. The summed E-state index contributed by atoms with van der Waals surface area (Å²) in [6.45, 7) is 0. The zero-order valence-electron chi connectivity index (χ0n) is 11.6. The first-order chi connectivity index (χ1) is 9.49. The maximum atomic E-state index is 13.4. The predicted molar refractivity (Wildman–Crippen MR) is 82.8 cm³/mol. The molecule has 1 unspecified atom stereocenters. The van der Waals surface area contributed by atoms with Crippen LogP contribution in [0.1, 0.15) is 17.2 Å². The normalized spacial score (nSPS) is 12.2. The van der Waals surface area contributed by atoms with Gasteiger partial charge in [0.25, 0.3) is 0 Å². The Morgan fingerprint density at radius 2 is 1.80 bits per heavy atom. The van der Waals surface area contributed by atoms with Crippen LogP contribution in [-0.2, 0) is 6.42 Å². The average Bonchev–Trinajstić information content (AvgIpc) is 2.44. The van der Waals surface area contributed by atoms with Crippen LogP contribution >= 0.6 is 11.6 Å². The molecule has 0 amide bonds. The Kier molecular flexibility index (Phi) is 4.63. The fourth-order valence-electron chi connectivity index (χ4n) is 2.08. The van der Waals surface area contributed by atoms with E-state index in [9.17, 15) is 4.39 Å². The van der Waals surface area contributed by atoms with E-state index in [1.807, 2.05) is 43.3 Å². The molecular formula is C16H18ClFN2. The van der Waals surface area contributed by atoms with E-state index in [2.05, 4.69) is 0 Å². The van der Waals surface area contributed by atoms with Gasteiger partial charge in [-0.15, -0.1) is 0 Å². The monoisotopic (exact) mass is 292 g/mol. The number of anilines is 1. The molecule has 0 spiro atoms. The summed E-state index contributed by atoms with van der Waals surface area (Å²) in [5.41, 5.74) is 9.04. The molecule has 0 heterocycles. The van der Waals surface area contributed by atoms with Crippen molar-refractivity contribution in [3.8, 4) is 0 Å². The Morgan fingerprint density at radius 1 is 1.15 bits per heavy atom. The van der Waals surface area contributed by atoms with Gasteiger partial charge in [-0.3, -0.25) is 0 Å². The largest absolute Gasteiger partial charge is 0.378 e. The molecule has 2 N–H and O–H groups in total. The van der Waals surface area contributed by atoms with Gasteiger partial charge in [-0.25, -0.2) is 4.39 Å². The van der Waals surface area contributed by atoms with Crippen molar-refractivity contribution in [3.63, 3.8) is 0 Å². The van der Waals surface area contributed by atoms with Gasteiger partial charge < -0.3 is 10.6 Å². The summed E-state index contributed by atoms with van der Waals surface area (Å²) in [6.07, 6.45) is 0.512. The highest BCUT2D eigenvalue weighted by Crippen LogP contribution is 2.25. The summed E-state index contributed by atoms with van der Waals surface area (Å²) in [4.78, 5) is 2.03. The second-order valence-electron chi connectivity index (χ2n) is 5.01. The second-order valence-corrected chi connectivity index (χ2v) is 5.39. The lowest BCUT2D eigenvalue weighted by molar-refractivity contribution is 0.622. The molecule has 0 saturated carbocycles. The van der Waals surface area contributed by atoms with Crippen molar-refractivity contribution in [3.05, 3.63) is 64.4 Å². The first kappa shape index (κ1) is 14.8. The number of hydrogen-bond donors (Lipinski definition) is 1. The van der Waals surface area contributed by atoms with Gasteiger partial charge in [0.05, 0.1) is 5.02 Å². The quantitative estimate of drug-likeness (QED) is 0.929. The van der Waals surface area contributed by atoms with Crippen molar-refractivity contribution in [1.29, 1.82) is 0 Å². The zero-order valence-corrected chi connectivity index (χ0v) is 12.4. The molecule has 2 rings (SSSR count). The highest BCUT2D eigenvalue weighted by molar-refractivity contribution is 6.31. The van der Waals surface area contributed by atoms with Crippen LogP contribution in [0, 0.1) is 5.82 Å². The number of nitrogens with two attached hydrogens (primary N) is 1. The lowest BCUT2D eigenvalue weighted by Crippen LogP contribution is -2.14. The lowest BCUT2D eigenvalue weighted by Gasteiger charge is -2.16. The summed E-state index contributed by atoms with van der Waals surface area (Å²) >= 11 is 5.95. The highest BCUT2D eigenvalue weighted by Gasteiger charge is 2.12. The smallest absolute Gasteiger partial charge is 0.142 e. The number of rotatable bonds is 4. The molecule has 0 radical (unpaired) electrons.